The Morgan fingerprint density at radius 2 is 2.05 bits per heavy atom. The van der Waals surface area contributed by atoms with Gasteiger partial charge in [-0.05, 0) is 29.8 Å². The zero-order valence-electron chi connectivity index (χ0n) is 10.8. The van der Waals surface area contributed by atoms with Crippen LogP contribution >= 0.6 is 0 Å². The maximum absolute atomic E-state index is 13.5. The summed E-state index contributed by atoms with van der Waals surface area (Å²) in [6.45, 7) is 0. The van der Waals surface area contributed by atoms with Crippen molar-refractivity contribution in [3.05, 3.63) is 59.4 Å². The molecule has 0 saturated heterocycles. The predicted octanol–water partition coefficient (Wildman–Crippen LogP) is 3.01. The van der Waals surface area contributed by atoms with E-state index < -0.39 is 16.6 Å². The lowest BCUT2D eigenvalue weighted by molar-refractivity contribution is 0.413. The fourth-order valence-electron chi connectivity index (χ4n) is 1.79. The molecule has 2 rings (SSSR count). The summed E-state index contributed by atoms with van der Waals surface area (Å²) in [6.07, 6.45) is 0. The van der Waals surface area contributed by atoms with Gasteiger partial charge in [0.25, 0.3) is 0 Å². The van der Waals surface area contributed by atoms with E-state index in [9.17, 15) is 8.60 Å². The number of rotatable bonds is 4. The molecule has 0 spiro atoms. The summed E-state index contributed by atoms with van der Waals surface area (Å²) in [5, 5.41) is 9.00. The normalized spacial score (nSPS) is 11.7. The molecule has 1 unspecified atom stereocenters. The Morgan fingerprint density at radius 3 is 2.70 bits per heavy atom. The van der Waals surface area contributed by atoms with E-state index in [-0.39, 0.29) is 10.6 Å². The molecule has 0 aliphatic carbocycles. The van der Waals surface area contributed by atoms with Crippen LogP contribution < -0.4 is 4.74 Å². The monoisotopic (exact) mass is 289 g/mol. The minimum absolute atomic E-state index is 0.152. The van der Waals surface area contributed by atoms with Gasteiger partial charge in [0.05, 0.1) is 34.1 Å². The number of halogens is 1. The third-order valence-electron chi connectivity index (χ3n) is 2.76. The van der Waals surface area contributed by atoms with Crippen LogP contribution in [0.15, 0.2) is 47.4 Å². The van der Waals surface area contributed by atoms with E-state index in [1.807, 2.05) is 6.07 Å². The molecule has 2 aromatic rings. The van der Waals surface area contributed by atoms with Crippen molar-refractivity contribution in [2.24, 2.45) is 0 Å². The van der Waals surface area contributed by atoms with Crippen LogP contribution in [0.4, 0.5) is 4.39 Å². The Kier molecular flexibility index (Phi) is 4.49. The van der Waals surface area contributed by atoms with Gasteiger partial charge in [0.2, 0.25) is 0 Å². The van der Waals surface area contributed by atoms with Gasteiger partial charge in [-0.2, -0.15) is 5.26 Å². The zero-order valence-corrected chi connectivity index (χ0v) is 11.6. The van der Waals surface area contributed by atoms with Crippen molar-refractivity contribution in [2.75, 3.05) is 7.11 Å². The van der Waals surface area contributed by atoms with Gasteiger partial charge < -0.3 is 4.74 Å². The first kappa shape index (κ1) is 14.2. The van der Waals surface area contributed by atoms with Crippen molar-refractivity contribution in [1.29, 1.82) is 5.26 Å². The quantitative estimate of drug-likeness (QED) is 0.869. The Hall–Kier alpha value is -2.19. The average molecular weight is 289 g/mol. The second-order valence-corrected chi connectivity index (χ2v) is 5.49. The van der Waals surface area contributed by atoms with Gasteiger partial charge in [-0.15, -0.1) is 0 Å². The molecule has 0 aromatic heterocycles. The summed E-state index contributed by atoms with van der Waals surface area (Å²) in [5.74, 6) is 0.132. The molecule has 0 heterocycles. The molecule has 0 amide bonds. The molecule has 0 aliphatic rings. The van der Waals surface area contributed by atoms with Crippen molar-refractivity contribution in [1.82, 2.24) is 0 Å². The summed E-state index contributed by atoms with van der Waals surface area (Å²) < 4.78 is 30.7. The van der Waals surface area contributed by atoms with Crippen molar-refractivity contribution < 1.29 is 13.3 Å². The Balaban J connectivity index is 2.25. The van der Waals surface area contributed by atoms with E-state index in [0.29, 0.717) is 16.9 Å². The first-order chi connectivity index (χ1) is 9.65. The summed E-state index contributed by atoms with van der Waals surface area (Å²) in [6, 6.07) is 13.0. The number of ether oxygens (including phenoxy) is 1. The average Bonchev–Trinajstić information content (AvgIpc) is 2.47. The molecule has 102 valence electrons. The maximum Gasteiger partial charge on any atom is 0.139 e. The van der Waals surface area contributed by atoms with Crippen LogP contribution in [-0.4, -0.2) is 11.3 Å². The zero-order chi connectivity index (χ0) is 14.5. The number of methoxy groups -OCH3 is 1. The molecule has 2 aromatic carbocycles. The van der Waals surface area contributed by atoms with Crippen LogP contribution in [0.3, 0.4) is 0 Å². The van der Waals surface area contributed by atoms with Gasteiger partial charge in [0.15, 0.2) is 0 Å². The number of nitrogens with zero attached hydrogens (tertiary/aromatic N) is 1. The topological polar surface area (TPSA) is 50.1 Å². The maximum atomic E-state index is 13.5. The SMILES string of the molecule is COc1ccc(CS(=O)c2ccccc2F)cc1C#N. The Bertz CT molecular complexity index is 695. The molecule has 0 fully saturated rings. The smallest absolute Gasteiger partial charge is 0.139 e. The molecule has 0 radical (unpaired) electrons. The number of benzene rings is 2. The highest BCUT2D eigenvalue weighted by molar-refractivity contribution is 7.84. The second kappa shape index (κ2) is 6.31. The highest BCUT2D eigenvalue weighted by Gasteiger charge is 2.11. The Morgan fingerprint density at radius 1 is 1.30 bits per heavy atom. The van der Waals surface area contributed by atoms with Crippen LogP contribution in [-0.2, 0) is 16.6 Å². The summed E-state index contributed by atoms with van der Waals surface area (Å²) in [4.78, 5) is 0.168. The van der Waals surface area contributed by atoms with E-state index in [1.165, 1.54) is 19.2 Å². The van der Waals surface area contributed by atoms with E-state index in [2.05, 4.69) is 0 Å². The highest BCUT2D eigenvalue weighted by atomic mass is 32.2. The minimum Gasteiger partial charge on any atom is -0.495 e. The van der Waals surface area contributed by atoms with Crippen LogP contribution in [0.2, 0.25) is 0 Å². The number of nitriles is 1. The van der Waals surface area contributed by atoms with E-state index in [0.717, 1.165) is 0 Å². The molecule has 1 atom stereocenters. The first-order valence-corrected chi connectivity index (χ1v) is 7.17. The second-order valence-electron chi connectivity index (χ2n) is 4.07. The molecule has 3 nitrogen and oxygen atoms in total. The summed E-state index contributed by atoms with van der Waals surface area (Å²) in [7, 11) is -0.0105. The molecular formula is C15H12FNO2S. The fourth-order valence-corrected chi connectivity index (χ4v) is 2.94. The number of hydrogen-bond acceptors (Lipinski definition) is 3. The lowest BCUT2D eigenvalue weighted by Gasteiger charge is -2.07. The Labute approximate surface area is 119 Å². The molecule has 0 N–H and O–H groups in total. The standard InChI is InChI=1S/C15H12FNO2S/c1-19-14-7-6-11(8-12(14)9-17)10-20(18)15-5-3-2-4-13(15)16/h2-8H,10H2,1H3. The van der Waals surface area contributed by atoms with Gasteiger partial charge in [-0.3, -0.25) is 4.21 Å². The van der Waals surface area contributed by atoms with Crippen LogP contribution in [0, 0.1) is 17.1 Å². The molecular weight excluding hydrogens is 277 g/mol. The van der Waals surface area contributed by atoms with Crippen LogP contribution in [0.1, 0.15) is 11.1 Å². The van der Waals surface area contributed by atoms with Crippen molar-refractivity contribution in [2.45, 2.75) is 10.6 Å². The minimum atomic E-state index is -1.49. The number of hydrogen-bond donors (Lipinski definition) is 0. The van der Waals surface area contributed by atoms with Gasteiger partial charge >= 0.3 is 0 Å². The summed E-state index contributed by atoms with van der Waals surface area (Å²) in [5.41, 5.74) is 1.07. The van der Waals surface area contributed by atoms with E-state index in [1.54, 1.807) is 30.3 Å². The molecule has 5 heteroatoms. The van der Waals surface area contributed by atoms with Crippen molar-refractivity contribution in [3.8, 4) is 11.8 Å². The molecule has 0 saturated carbocycles. The molecule has 0 aliphatic heterocycles. The lowest BCUT2D eigenvalue weighted by Crippen LogP contribution is -2.00. The van der Waals surface area contributed by atoms with Crippen molar-refractivity contribution in [3.63, 3.8) is 0 Å². The van der Waals surface area contributed by atoms with Crippen LogP contribution in [0.25, 0.3) is 0 Å². The largest absolute Gasteiger partial charge is 0.495 e. The van der Waals surface area contributed by atoms with Gasteiger partial charge in [-0.25, -0.2) is 4.39 Å². The molecule has 0 bridgehead atoms. The lowest BCUT2D eigenvalue weighted by atomic mass is 10.1. The van der Waals surface area contributed by atoms with Gasteiger partial charge in [0.1, 0.15) is 17.6 Å². The molecule has 20 heavy (non-hydrogen) atoms. The summed E-state index contributed by atoms with van der Waals surface area (Å²) >= 11 is 0. The third kappa shape index (κ3) is 3.03. The predicted molar refractivity (Wildman–Crippen MR) is 74.2 cm³/mol. The van der Waals surface area contributed by atoms with E-state index in [4.69, 9.17) is 10.00 Å². The highest BCUT2D eigenvalue weighted by Crippen LogP contribution is 2.21. The fraction of sp³-hybridized carbons (Fsp3) is 0.133. The van der Waals surface area contributed by atoms with Crippen molar-refractivity contribution >= 4 is 10.8 Å². The van der Waals surface area contributed by atoms with Gasteiger partial charge in [0, 0.05) is 0 Å². The van der Waals surface area contributed by atoms with Crippen LogP contribution in [0.5, 0.6) is 5.75 Å². The first-order valence-electron chi connectivity index (χ1n) is 5.85. The third-order valence-corrected chi connectivity index (χ3v) is 4.18. The van der Waals surface area contributed by atoms with Gasteiger partial charge in [-0.1, -0.05) is 18.2 Å². The van der Waals surface area contributed by atoms with E-state index >= 15 is 0 Å².